The Morgan fingerprint density at radius 1 is 1.17 bits per heavy atom. The number of nitrogens with zero attached hydrogens (tertiary/aromatic N) is 2. The average molecular weight is 254 g/mol. The lowest BCUT2D eigenvalue weighted by Gasteiger charge is -2.33. The molecule has 4 heteroatoms. The molecule has 0 aliphatic carbocycles. The van der Waals surface area contributed by atoms with E-state index < -0.39 is 5.97 Å². The molecular weight excluding hydrogens is 228 g/mol. The lowest BCUT2D eigenvalue weighted by atomic mass is 10.0. The van der Waals surface area contributed by atoms with Crippen LogP contribution in [0.1, 0.15) is 39.5 Å². The van der Waals surface area contributed by atoms with E-state index in [1.54, 1.807) is 0 Å². The molecule has 2 aliphatic rings. The van der Waals surface area contributed by atoms with Gasteiger partial charge in [-0.05, 0) is 39.3 Å². The number of hydrogen-bond acceptors (Lipinski definition) is 3. The molecule has 4 nitrogen and oxygen atoms in total. The van der Waals surface area contributed by atoms with Gasteiger partial charge in [0.2, 0.25) is 0 Å². The Labute approximate surface area is 110 Å². The number of rotatable bonds is 4. The van der Waals surface area contributed by atoms with E-state index in [9.17, 15) is 4.79 Å². The summed E-state index contributed by atoms with van der Waals surface area (Å²) in [4.78, 5) is 16.0. The fourth-order valence-corrected chi connectivity index (χ4v) is 3.24. The molecule has 0 amide bonds. The predicted octanol–water partition coefficient (Wildman–Crippen LogP) is 1.66. The van der Waals surface area contributed by atoms with Crippen LogP contribution in [0.3, 0.4) is 0 Å². The van der Waals surface area contributed by atoms with Crippen LogP contribution in [0.2, 0.25) is 0 Å². The minimum Gasteiger partial charge on any atom is -0.481 e. The van der Waals surface area contributed by atoms with Gasteiger partial charge < -0.3 is 5.11 Å². The number of hydrogen-bond donors (Lipinski definition) is 1. The van der Waals surface area contributed by atoms with Crippen molar-refractivity contribution in [3.05, 3.63) is 0 Å². The Balaban J connectivity index is 1.85. The summed E-state index contributed by atoms with van der Waals surface area (Å²) in [6, 6.07) is 0.811. The van der Waals surface area contributed by atoms with Gasteiger partial charge in [0.15, 0.2) is 0 Å². The molecule has 2 aliphatic heterocycles. The molecule has 0 aromatic carbocycles. The fraction of sp³-hybridized carbons (Fsp3) is 0.929. The zero-order valence-electron chi connectivity index (χ0n) is 11.6. The SMILES string of the molecule is CC(C(=O)O)C(C)N1CCC(N2CCCCC2)C1. The van der Waals surface area contributed by atoms with E-state index in [0.717, 1.165) is 13.1 Å². The van der Waals surface area contributed by atoms with Crippen molar-refractivity contribution >= 4 is 5.97 Å². The zero-order chi connectivity index (χ0) is 13.1. The summed E-state index contributed by atoms with van der Waals surface area (Å²) in [5.41, 5.74) is 0. The molecule has 2 saturated heterocycles. The van der Waals surface area contributed by atoms with Gasteiger partial charge in [0.25, 0.3) is 0 Å². The minimum absolute atomic E-state index is 0.150. The van der Waals surface area contributed by atoms with Gasteiger partial charge in [0, 0.05) is 25.2 Å². The molecule has 104 valence electrons. The monoisotopic (exact) mass is 254 g/mol. The Morgan fingerprint density at radius 3 is 2.44 bits per heavy atom. The molecule has 0 saturated carbocycles. The summed E-state index contributed by atoms with van der Waals surface area (Å²) in [6.45, 7) is 8.46. The molecule has 2 heterocycles. The number of carboxylic acid groups (broad SMARTS) is 1. The van der Waals surface area contributed by atoms with Crippen molar-refractivity contribution in [2.45, 2.75) is 51.6 Å². The quantitative estimate of drug-likeness (QED) is 0.828. The molecule has 3 unspecified atom stereocenters. The Kier molecular flexibility index (Phi) is 4.62. The molecule has 3 atom stereocenters. The normalized spacial score (nSPS) is 30.2. The third-order valence-electron chi connectivity index (χ3n) is 4.79. The molecular formula is C14H26N2O2. The second-order valence-electron chi connectivity index (χ2n) is 5.90. The van der Waals surface area contributed by atoms with Gasteiger partial charge in [0.1, 0.15) is 0 Å². The number of carboxylic acids is 1. The van der Waals surface area contributed by atoms with E-state index in [-0.39, 0.29) is 12.0 Å². The Bertz CT molecular complexity index is 290. The maximum atomic E-state index is 11.0. The predicted molar refractivity (Wildman–Crippen MR) is 71.7 cm³/mol. The van der Waals surface area contributed by atoms with Crippen LogP contribution in [-0.2, 0) is 4.79 Å². The first kappa shape index (κ1) is 13.8. The summed E-state index contributed by atoms with van der Waals surface area (Å²) in [5, 5.41) is 9.09. The van der Waals surface area contributed by atoms with Gasteiger partial charge in [0.05, 0.1) is 5.92 Å². The van der Waals surface area contributed by atoms with Gasteiger partial charge >= 0.3 is 5.97 Å². The summed E-state index contributed by atoms with van der Waals surface area (Å²) >= 11 is 0. The van der Waals surface area contributed by atoms with Gasteiger partial charge in [-0.2, -0.15) is 0 Å². The van der Waals surface area contributed by atoms with Crippen LogP contribution in [0.5, 0.6) is 0 Å². The second kappa shape index (κ2) is 6.02. The maximum absolute atomic E-state index is 11.0. The van der Waals surface area contributed by atoms with E-state index in [1.807, 2.05) is 6.92 Å². The first-order valence-corrected chi connectivity index (χ1v) is 7.30. The van der Waals surface area contributed by atoms with Crippen molar-refractivity contribution in [1.29, 1.82) is 0 Å². The summed E-state index contributed by atoms with van der Waals surface area (Å²) < 4.78 is 0. The number of aliphatic carboxylic acids is 1. The third-order valence-corrected chi connectivity index (χ3v) is 4.79. The first-order chi connectivity index (χ1) is 8.59. The topological polar surface area (TPSA) is 43.8 Å². The zero-order valence-corrected chi connectivity index (χ0v) is 11.6. The average Bonchev–Trinajstić information content (AvgIpc) is 2.87. The summed E-state index contributed by atoms with van der Waals surface area (Å²) in [6.07, 6.45) is 5.24. The van der Waals surface area contributed by atoms with Crippen molar-refractivity contribution in [3.8, 4) is 0 Å². The van der Waals surface area contributed by atoms with Crippen LogP contribution < -0.4 is 0 Å². The van der Waals surface area contributed by atoms with Gasteiger partial charge in [-0.15, -0.1) is 0 Å². The molecule has 18 heavy (non-hydrogen) atoms. The van der Waals surface area contributed by atoms with Crippen molar-refractivity contribution in [3.63, 3.8) is 0 Å². The van der Waals surface area contributed by atoms with Gasteiger partial charge in [-0.1, -0.05) is 13.3 Å². The highest BCUT2D eigenvalue weighted by atomic mass is 16.4. The third kappa shape index (κ3) is 3.04. The van der Waals surface area contributed by atoms with Crippen molar-refractivity contribution in [2.24, 2.45) is 5.92 Å². The largest absolute Gasteiger partial charge is 0.481 e. The van der Waals surface area contributed by atoms with Crippen LogP contribution in [0.15, 0.2) is 0 Å². The highest BCUT2D eigenvalue weighted by Gasteiger charge is 2.33. The van der Waals surface area contributed by atoms with E-state index >= 15 is 0 Å². The Morgan fingerprint density at radius 2 is 1.83 bits per heavy atom. The van der Waals surface area contributed by atoms with Gasteiger partial charge in [-0.3, -0.25) is 14.6 Å². The second-order valence-corrected chi connectivity index (χ2v) is 5.90. The lowest BCUT2D eigenvalue weighted by molar-refractivity contribution is -0.143. The van der Waals surface area contributed by atoms with Crippen LogP contribution in [0.25, 0.3) is 0 Å². The fourth-order valence-electron chi connectivity index (χ4n) is 3.24. The molecule has 1 N–H and O–H groups in total. The van der Waals surface area contributed by atoms with Crippen molar-refractivity contribution < 1.29 is 9.90 Å². The standard InChI is InChI=1S/C14H26N2O2/c1-11(14(17)18)12(2)16-9-6-13(10-16)15-7-4-3-5-8-15/h11-13H,3-10H2,1-2H3,(H,17,18). The van der Waals surface area contributed by atoms with Crippen molar-refractivity contribution in [1.82, 2.24) is 9.80 Å². The Hall–Kier alpha value is -0.610. The van der Waals surface area contributed by atoms with Crippen LogP contribution in [0.4, 0.5) is 0 Å². The molecule has 0 bridgehead atoms. The molecule has 0 radical (unpaired) electrons. The number of carbonyl (C=O) groups is 1. The summed E-state index contributed by atoms with van der Waals surface area (Å²) in [7, 11) is 0. The van der Waals surface area contributed by atoms with Gasteiger partial charge in [-0.25, -0.2) is 0 Å². The van der Waals surface area contributed by atoms with Crippen LogP contribution in [-0.4, -0.2) is 59.1 Å². The highest BCUT2D eigenvalue weighted by Crippen LogP contribution is 2.23. The number of likely N-dealkylation sites (tertiary alicyclic amines) is 2. The van der Waals surface area contributed by atoms with E-state index in [1.165, 1.54) is 38.8 Å². The minimum atomic E-state index is -0.677. The van der Waals surface area contributed by atoms with Crippen LogP contribution in [0, 0.1) is 5.92 Å². The van der Waals surface area contributed by atoms with E-state index in [0.29, 0.717) is 6.04 Å². The number of piperidine rings is 1. The molecule has 0 aromatic rings. The van der Waals surface area contributed by atoms with E-state index in [2.05, 4.69) is 16.7 Å². The van der Waals surface area contributed by atoms with Crippen molar-refractivity contribution in [2.75, 3.05) is 26.2 Å². The molecule has 0 spiro atoms. The first-order valence-electron chi connectivity index (χ1n) is 7.30. The highest BCUT2D eigenvalue weighted by molar-refractivity contribution is 5.70. The summed E-state index contributed by atoms with van der Waals surface area (Å²) in [5.74, 6) is -0.950. The van der Waals surface area contributed by atoms with E-state index in [4.69, 9.17) is 5.11 Å². The maximum Gasteiger partial charge on any atom is 0.307 e. The lowest BCUT2D eigenvalue weighted by Crippen LogP contribution is -2.44. The molecule has 0 aromatic heterocycles. The van der Waals surface area contributed by atoms with Crippen LogP contribution >= 0.6 is 0 Å². The smallest absolute Gasteiger partial charge is 0.307 e. The molecule has 2 rings (SSSR count). The molecule has 2 fully saturated rings.